The maximum absolute atomic E-state index is 12.2. The molecule has 1 fully saturated rings. The quantitative estimate of drug-likeness (QED) is 0.506. The summed E-state index contributed by atoms with van der Waals surface area (Å²) in [5.74, 6) is 0.751. The topological polar surface area (TPSA) is 46.6 Å². The van der Waals surface area contributed by atoms with Gasteiger partial charge < -0.3 is 4.90 Å². The zero-order chi connectivity index (χ0) is 19.1. The lowest BCUT2D eigenvalue weighted by atomic mass is 9.90. The normalized spacial score (nSPS) is 16.5. The molecule has 0 unspecified atom stereocenters. The minimum absolute atomic E-state index is 0.236. The van der Waals surface area contributed by atoms with E-state index in [1.807, 2.05) is 13.0 Å². The SMILES string of the molecule is Cc1cccc(S(=O)(=O)OCCCN2CCC(Cc3ccccc3)CC2)c1. The maximum Gasteiger partial charge on any atom is 0.296 e. The molecule has 2 aromatic rings. The Labute approximate surface area is 163 Å². The molecule has 0 radical (unpaired) electrons. The highest BCUT2D eigenvalue weighted by molar-refractivity contribution is 7.86. The summed E-state index contributed by atoms with van der Waals surface area (Å²) in [5.41, 5.74) is 2.34. The van der Waals surface area contributed by atoms with Crippen molar-refractivity contribution in [2.24, 2.45) is 5.92 Å². The van der Waals surface area contributed by atoms with Gasteiger partial charge in [0.15, 0.2) is 0 Å². The first-order chi connectivity index (χ1) is 13.0. The first kappa shape index (κ1) is 20.1. The monoisotopic (exact) mass is 387 g/mol. The molecule has 0 spiro atoms. The zero-order valence-corrected chi connectivity index (χ0v) is 16.8. The molecule has 2 aromatic carbocycles. The van der Waals surface area contributed by atoms with Crippen LogP contribution >= 0.6 is 0 Å². The average Bonchev–Trinajstić information content (AvgIpc) is 2.67. The van der Waals surface area contributed by atoms with Crippen LogP contribution in [0, 0.1) is 12.8 Å². The molecule has 1 aliphatic heterocycles. The van der Waals surface area contributed by atoms with Crippen LogP contribution in [-0.4, -0.2) is 39.6 Å². The number of rotatable bonds is 8. The van der Waals surface area contributed by atoms with Crippen molar-refractivity contribution in [3.63, 3.8) is 0 Å². The van der Waals surface area contributed by atoms with Gasteiger partial charge in [0.05, 0.1) is 11.5 Å². The number of likely N-dealkylation sites (tertiary alicyclic amines) is 1. The van der Waals surface area contributed by atoms with Crippen LogP contribution in [0.4, 0.5) is 0 Å². The highest BCUT2D eigenvalue weighted by atomic mass is 32.2. The van der Waals surface area contributed by atoms with E-state index in [9.17, 15) is 8.42 Å². The van der Waals surface area contributed by atoms with Crippen LogP contribution < -0.4 is 0 Å². The Morgan fingerprint density at radius 2 is 1.78 bits per heavy atom. The standard InChI is InChI=1S/C22H29NO3S/c1-19-7-5-10-22(17-19)27(24,25)26-16-6-13-23-14-11-21(12-15-23)18-20-8-3-2-4-9-20/h2-5,7-10,17,21H,6,11-16,18H2,1H3. The highest BCUT2D eigenvalue weighted by Gasteiger charge is 2.20. The van der Waals surface area contributed by atoms with E-state index in [1.165, 1.54) is 18.4 Å². The largest absolute Gasteiger partial charge is 0.303 e. The number of nitrogens with zero attached hydrogens (tertiary/aromatic N) is 1. The third-order valence-corrected chi connectivity index (χ3v) is 6.52. The Bertz CT molecular complexity index is 812. The summed E-state index contributed by atoms with van der Waals surface area (Å²) in [6, 6.07) is 17.5. The Kier molecular flexibility index (Phi) is 7.05. The third kappa shape index (κ3) is 6.16. The number of benzene rings is 2. The highest BCUT2D eigenvalue weighted by Crippen LogP contribution is 2.22. The van der Waals surface area contributed by atoms with Crippen molar-refractivity contribution in [3.8, 4) is 0 Å². The maximum atomic E-state index is 12.2. The van der Waals surface area contributed by atoms with Crippen LogP contribution in [0.2, 0.25) is 0 Å². The predicted molar refractivity (Wildman–Crippen MR) is 108 cm³/mol. The summed E-state index contributed by atoms with van der Waals surface area (Å²) in [6.45, 7) is 5.17. The van der Waals surface area contributed by atoms with E-state index in [0.29, 0.717) is 0 Å². The van der Waals surface area contributed by atoms with Crippen LogP contribution in [0.5, 0.6) is 0 Å². The van der Waals surface area contributed by atoms with Gasteiger partial charge in [-0.05, 0) is 74.9 Å². The number of piperidine rings is 1. The second-order valence-corrected chi connectivity index (χ2v) is 9.04. The van der Waals surface area contributed by atoms with Gasteiger partial charge in [-0.15, -0.1) is 0 Å². The first-order valence-corrected chi connectivity index (χ1v) is 11.2. The van der Waals surface area contributed by atoms with Gasteiger partial charge in [0.2, 0.25) is 0 Å². The first-order valence-electron chi connectivity index (χ1n) is 9.75. The van der Waals surface area contributed by atoms with Crippen molar-refractivity contribution in [2.75, 3.05) is 26.2 Å². The Morgan fingerprint density at radius 3 is 2.48 bits per heavy atom. The van der Waals surface area contributed by atoms with Gasteiger partial charge in [-0.3, -0.25) is 4.18 Å². The van der Waals surface area contributed by atoms with Crippen molar-refractivity contribution < 1.29 is 12.6 Å². The number of hydrogen-bond acceptors (Lipinski definition) is 4. The molecule has 1 aliphatic rings. The zero-order valence-electron chi connectivity index (χ0n) is 16.0. The summed E-state index contributed by atoms with van der Waals surface area (Å²) in [6.07, 6.45) is 4.30. The lowest BCUT2D eigenvalue weighted by Crippen LogP contribution is -2.35. The third-order valence-electron chi connectivity index (χ3n) is 5.21. The van der Waals surface area contributed by atoms with Gasteiger partial charge in [-0.2, -0.15) is 8.42 Å². The van der Waals surface area contributed by atoms with Gasteiger partial charge in [-0.25, -0.2) is 0 Å². The summed E-state index contributed by atoms with van der Waals surface area (Å²) in [5, 5.41) is 0. The molecule has 0 bridgehead atoms. The molecule has 146 valence electrons. The summed E-state index contributed by atoms with van der Waals surface area (Å²) in [4.78, 5) is 2.66. The molecule has 1 heterocycles. The number of aryl methyl sites for hydroxylation is 1. The summed E-state index contributed by atoms with van der Waals surface area (Å²) >= 11 is 0. The van der Waals surface area contributed by atoms with Crippen molar-refractivity contribution in [2.45, 2.75) is 37.5 Å². The molecule has 4 nitrogen and oxygen atoms in total. The van der Waals surface area contributed by atoms with Gasteiger partial charge >= 0.3 is 0 Å². The molecular formula is C22H29NO3S. The average molecular weight is 388 g/mol. The van der Waals surface area contributed by atoms with Crippen molar-refractivity contribution in [1.29, 1.82) is 0 Å². The molecule has 0 atom stereocenters. The fourth-order valence-corrected chi connectivity index (χ4v) is 4.71. The van der Waals surface area contributed by atoms with E-state index in [2.05, 4.69) is 35.2 Å². The van der Waals surface area contributed by atoms with E-state index in [4.69, 9.17) is 4.18 Å². The van der Waals surface area contributed by atoms with E-state index < -0.39 is 10.1 Å². The van der Waals surface area contributed by atoms with Crippen molar-refractivity contribution in [3.05, 3.63) is 65.7 Å². The van der Waals surface area contributed by atoms with Crippen LogP contribution in [0.3, 0.4) is 0 Å². The van der Waals surface area contributed by atoms with E-state index in [-0.39, 0.29) is 11.5 Å². The number of hydrogen-bond donors (Lipinski definition) is 0. The lowest BCUT2D eigenvalue weighted by molar-refractivity contribution is 0.171. The molecular weight excluding hydrogens is 358 g/mol. The minimum atomic E-state index is -3.65. The van der Waals surface area contributed by atoms with Gasteiger partial charge in [0.1, 0.15) is 0 Å². The van der Waals surface area contributed by atoms with E-state index in [1.54, 1.807) is 18.2 Å². The van der Waals surface area contributed by atoms with Crippen LogP contribution in [-0.2, 0) is 20.7 Å². The molecule has 0 aliphatic carbocycles. The van der Waals surface area contributed by atoms with Crippen molar-refractivity contribution in [1.82, 2.24) is 4.90 Å². The second kappa shape index (κ2) is 9.49. The summed E-state index contributed by atoms with van der Waals surface area (Å²) < 4.78 is 29.6. The molecule has 0 amide bonds. The molecule has 1 saturated heterocycles. The van der Waals surface area contributed by atoms with Gasteiger partial charge in [0, 0.05) is 6.54 Å². The van der Waals surface area contributed by atoms with Crippen LogP contribution in [0.15, 0.2) is 59.5 Å². The lowest BCUT2D eigenvalue weighted by Gasteiger charge is -2.32. The molecule has 0 aromatic heterocycles. The van der Waals surface area contributed by atoms with Gasteiger partial charge in [0.25, 0.3) is 10.1 Å². The van der Waals surface area contributed by atoms with E-state index >= 15 is 0 Å². The second-order valence-electron chi connectivity index (χ2n) is 7.42. The fraction of sp³-hybridized carbons (Fsp3) is 0.455. The fourth-order valence-electron chi connectivity index (χ4n) is 3.66. The molecule has 3 rings (SSSR count). The Balaban J connectivity index is 1.36. The Hall–Kier alpha value is -1.69. The van der Waals surface area contributed by atoms with Crippen LogP contribution in [0.1, 0.15) is 30.4 Å². The summed E-state index contributed by atoms with van der Waals surface area (Å²) in [7, 11) is -3.65. The molecule has 5 heteroatoms. The molecule has 0 saturated carbocycles. The smallest absolute Gasteiger partial charge is 0.296 e. The molecule has 0 N–H and O–H groups in total. The van der Waals surface area contributed by atoms with Crippen molar-refractivity contribution >= 4 is 10.1 Å². The predicted octanol–water partition coefficient (Wildman–Crippen LogP) is 4.05. The minimum Gasteiger partial charge on any atom is -0.303 e. The van der Waals surface area contributed by atoms with Gasteiger partial charge in [-0.1, -0.05) is 42.5 Å². The Morgan fingerprint density at radius 1 is 1.04 bits per heavy atom. The molecule has 27 heavy (non-hydrogen) atoms. The van der Waals surface area contributed by atoms with E-state index in [0.717, 1.165) is 44.0 Å². The van der Waals surface area contributed by atoms with Crippen LogP contribution in [0.25, 0.3) is 0 Å².